The second-order valence-electron chi connectivity index (χ2n) is 4.63. The van der Waals surface area contributed by atoms with Gasteiger partial charge in [0.05, 0.1) is 11.9 Å². The maximum atomic E-state index is 12.1. The van der Waals surface area contributed by atoms with Crippen LogP contribution in [0.15, 0.2) is 0 Å². The van der Waals surface area contributed by atoms with Crippen molar-refractivity contribution in [1.29, 1.82) is 0 Å². The Hall–Kier alpha value is 0.120. The first kappa shape index (κ1) is 15.2. The van der Waals surface area contributed by atoms with Gasteiger partial charge in [0.1, 0.15) is 0 Å². The summed E-state index contributed by atoms with van der Waals surface area (Å²) in [6, 6.07) is 0.244. The van der Waals surface area contributed by atoms with Crippen molar-refractivity contribution >= 4 is 22.4 Å². The fraction of sp³-hybridized carbons (Fsp3) is 1.00. The Morgan fingerprint density at radius 2 is 2.24 bits per heavy atom. The molecule has 0 aromatic rings. The van der Waals surface area contributed by atoms with Crippen LogP contribution in [-0.4, -0.2) is 56.9 Å². The molecule has 0 aromatic carbocycles. The standard InChI is InChI=1S/C10H20N2O3S.ClH/c1-9-7-12(5-4-11-9)16(13,14)8-10-3-2-6-15-10;/h9-11H,2-8H2,1H3;1H/t9-,10?;/m1./s1. The van der Waals surface area contributed by atoms with E-state index in [9.17, 15) is 8.42 Å². The van der Waals surface area contributed by atoms with Crippen LogP contribution >= 0.6 is 12.4 Å². The summed E-state index contributed by atoms with van der Waals surface area (Å²) < 4.78 is 31.2. The molecule has 0 amide bonds. The van der Waals surface area contributed by atoms with Crippen molar-refractivity contribution in [2.75, 3.05) is 32.0 Å². The van der Waals surface area contributed by atoms with Gasteiger partial charge in [0.25, 0.3) is 0 Å². The van der Waals surface area contributed by atoms with E-state index >= 15 is 0 Å². The minimum absolute atomic E-state index is 0. The summed E-state index contributed by atoms with van der Waals surface area (Å²) in [5, 5.41) is 3.24. The number of piperazine rings is 1. The van der Waals surface area contributed by atoms with E-state index in [4.69, 9.17) is 4.74 Å². The van der Waals surface area contributed by atoms with Crippen LogP contribution in [0.25, 0.3) is 0 Å². The van der Waals surface area contributed by atoms with Crippen molar-refractivity contribution in [3.8, 4) is 0 Å². The Labute approximate surface area is 109 Å². The summed E-state index contributed by atoms with van der Waals surface area (Å²) in [5.74, 6) is 0.153. The molecule has 2 saturated heterocycles. The Kier molecular flexibility index (Phi) is 5.66. The molecule has 2 atom stereocenters. The van der Waals surface area contributed by atoms with Crippen molar-refractivity contribution < 1.29 is 13.2 Å². The lowest BCUT2D eigenvalue weighted by molar-refractivity contribution is 0.126. The second-order valence-corrected chi connectivity index (χ2v) is 6.64. The number of halogens is 1. The van der Waals surface area contributed by atoms with Crippen LogP contribution in [0, 0.1) is 0 Å². The van der Waals surface area contributed by atoms with Crippen LogP contribution in [-0.2, 0) is 14.8 Å². The average Bonchev–Trinajstić information content (AvgIpc) is 2.70. The summed E-state index contributed by atoms with van der Waals surface area (Å²) >= 11 is 0. The minimum atomic E-state index is -3.13. The topological polar surface area (TPSA) is 58.6 Å². The number of hydrogen-bond donors (Lipinski definition) is 1. The second kappa shape index (κ2) is 6.33. The van der Waals surface area contributed by atoms with E-state index < -0.39 is 10.0 Å². The summed E-state index contributed by atoms with van der Waals surface area (Å²) in [6.07, 6.45) is 1.77. The van der Waals surface area contributed by atoms with Crippen LogP contribution in [0.3, 0.4) is 0 Å². The third-order valence-corrected chi connectivity index (χ3v) is 5.06. The van der Waals surface area contributed by atoms with Gasteiger partial charge in [-0.1, -0.05) is 0 Å². The van der Waals surface area contributed by atoms with Gasteiger partial charge in [-0.2, -0.15) is 4.31 Å². The molecule has 0 radical (unpaired) electrons. The molecule has 102 valence electrons. The number of nitrogens with one attached hydrogen (secondary N) is 1. The van der Waals surface area contributed by atoms with Crippen molar-refractivity contribution in [1.82, 2.24) is 9.62 Å². The molecule has 1 N–H and O–H groups in total. The number of sulfonamides is 1. The molecule has 17 heavy (non-hydrogen) atoms. The first-order chi connectivity index (χ1) is 7.58. The molecule has 1 unspecified atom stereocenters. The normalized spacial score (nSPS) is 31.1. The number of rotatable bonds is 3. The first-order valence-corrected chi connectivity index (χ1v) is 7.51. The van der Waals surface area contributed by atoms with E-state index in [1.54, 1.807) is 4.31 Å². The fourth-order valence-electron chi connectivity index (χ4n) is 2.27. The van der Waals surface area contributed by atoms with Gasteiger partial charge in [-0.15, -0.1) is 12.4 Å². The fourth-order valence-corrected chi connectivity index (χ4v) is 4.03. The highest BCUT2D eigenvalue weighted by atomic mass is 35.5. The largest absolute Gasteiger partial charge is 0.377 e. The molecule has 0 aliphatic carbocycles. The highest BCUT2D eigenvalue weighted by Crippen LogP contribution is 2.16. The van der Waals surface area contributed by atoms with Gasteiger partial charge in [0, 0.05) is 32.3 Å². The van der Waals surface area contributed by atoms with Crippen molar-refractivity contribution in [3.05, 3.63) is 0 Å². The minimum Gasteiger partial charge on any atom is -0.377 e. The average molecular weight is 285 g/mol. The van der Waals surface area contributed by atoms with Gasteiger partial charge in [-0.3, -0.25) is 0 Å². The summed E-state index contributed by atoms with van der Waals surface area (Å²) in [5.41, 5.74) is 0. The molecule has 0 saturated carbocycles. The molecule has 0 bridgehead atoms. The molecule has 7 heteroatoms. The molecule has 2 heterocycles. The lowest BCUT2D eigenvalue weighted by Gasteiger charge is -2.31. The van der Waals surface area contributed by atoms with E-state index in [1.165, 1.54) is 0 Å². The zero-order valence-electron chi connectivity index (χ0n) is 10.1. The third-order valence-electron chi connectivity index (χ3n) is 3.15. The Morgan fingerprint density at radius 3 is 2.82 bits per heavy atom. The predicted octanol–water partition coefficient (Wildman–Crippen LogP) is 0.211. The zero-order chi connectivity index (χ0) is 11.6. The summed E-state index contributed by atoms with van der Waals surface area (Å²) in [7, 11) is -3.13. The zero-order valence-corrected chi connectivity index (χ0v) is 11.7. The van der Waals surface area contributed by atoms with Crippen molar-refractivity contribution in [2.45, 2.75) is 31.9 Å². The van der Waals surface area contributed by atoms with E-state index in [0.717, 1.165) is 19.4 Å². The van der Waals surface area contributed by atoms with E-state index in [1.807, 2.05) is 6.92 Å². The Bertz CT molecular complexity index is 330. The quantitative estimate of drug-likeness (QED) is 0.805. The van der Waals surface area contributed by atoms with Gasteiger partial charge in [-0.05, 0) is 19.8 Å². The maximum absolute atomic E-state index is 12.1. The Morgan fingerprint density at radius 1 is 1.47 bits per heavy atom. The van der Waals surface area contributed by atoms with Crippen LogP contribution in [0.5, 0.6) is 0 Å². The van der Waals surface area contributed by atoms with Crippen LogP contribution in [0.4, 0.5) is 0 Å². The SMILES string of the molecule is C[C@@H]1CN(S(=O)(=O)CC2CCCO2)CCN1.Cl. The van der Waals surface area contributed by atoms with E-state index in [0.29, 0.717) is 19.7 Å². The van der Waals surface area contributed by atoms with Crippen LogP contribution in [0.1, 0.15) is 19.8 Å². The molecule has 2 aliphatic rings. The number of ether oxygens (including phenoxy) is 1. The smallest absolute Gasteiger partial charge is 0.216 e. The van der Waals surface area contributed by atoms with Crippen molar-refractivity contribution in [2.24, 2.45) is 0 Å². The summed E-state index contributed by atoms with van der Waals surface area (Å²) in [6.45, 7) is 4.62. The highest BCUT2D eigenvalue weighted by molar-refractivity contribution is 7.89. The number of hydrogen-bond acceptors (Lipinski definition) is 4. The molecule has 5 nitrogen and oxygen atoms in total. The lowest BCUT2D eigenvalue weighted by atomic mass is 10.3. The van der Waals surface area contributed by atoms with Crippen LogP contribution < -0.4 is 5.32 Å². The molecule has 0 aromatic heterocycles. The molecular formula is C10H21ClN2O3S. The molecular weight excluding hydrogens is 264 g/mol. The van der Waals surface area contributed by atoms with Gasteiger partial charge < -0.3 is 10.1 Å². The van der Waals surface area contributed by atoms with Crippen molar-refractivity contribution in [3.63, 3.8) is 0 Å². The van der Waals surface area contributed by atoms with Gasteiger partial charge >= 0.3 is 0 Å². The number of nitrogens with zero attached hydrogens (tertiary/aromatic N) is 1. The molecule has 0 spiro atoms. The summed E-state index contributed by atoms with van der Waals surface area (Å²) in [4.78, 5) is 0. The molecule has 2 aliphatic heterocycles. The highest BCUT2D eigenvalue weighted by Gasteiger charge is 2.30. The predicted molar refractivity (Wildman–Crippen MR) is 69.0 cm³/mol. The molecule has 2 rings (SSSR count). The van der Waals surface area contributed by atoms with Gasteiger partial charge in [0.2, 0.25) is 10.0 Å². The Balaban J connectivity index is 0.00000144. The van der Waals surface area contributed by atoms with E-state index in [-0.39, 0.29) is 30.3 Å². The van der Waals surface area contributed by atoms with E-state index in [2.05, 4.69) is 5.32 Å². The maximum Gasteiger partial charge on any atom is 0.216 e. The third kappa shape index (κ3) is 4.06. The monoisotopic (exact) mass is 284 g/mol. The van der Waals surface area contributed by atoms with Crippen LogP contribution in [0.2, 0.25) is 0 Å². The van der Waals surface area contributed by atoms with Gasteiger partial charge in [-0.25, -0.2) is 8.42 Å². The first-order valence-electron chi connectivity index (χ1n) is 5.91. The van der Waals surface area contributed by atoms with Gasteiger partial charge in [0.15, 0.2) is 0 Å². The molecule has 2 fully saturated rings. The lowest BCUT2D eigenvalue weighted by Crippen LogP contribution is -2.52.